The van der Waals surface area contributed by atoms with Gasteiger partial charge in [0.2, 0.25) is 5.91 Å². The highest BCUT2D eigenvalue weighted by atomic mass is 16.5. The summed E-state index contributed by atoms with van der Waals surface area (Å²) in [5.74, 6) is 1.54. The molecular formula is C22H28N2O2. The Morgan fingerprint density at radius 1 is 1.27 bits per heavy atom. The van der Waals surface area contributed by atoms with Gasteiger partial charge in [0.15, 0.2) is 0 Å². The van der Waals surface area contributed by atoms with Gasteiger partial charge in [-0.1, -0.05) is 30.3 Å². The van der Waals surface area contributed by atoms with Gasteiger partial charge in [0.1, 0.15) is 11.9 Å². The quantitative estimate of drug-likeness (QED) is 0.773. The van der Waals surface area contributed by atoms with Crippen LogP contribution in [-0.2, 0) is 4.79 Å². The van der Waals surface area contributed by atoms with Crippen LogP contribution in [0.1, 0.15) is 43.4 Å². The number of aryl methyl sites for hydroxylation is 1. The summed E-state index contributed by atoms with van der Waals surface area (Å²) in [7, 11) is 0. The first-order valence-electron chi connectivity index (χ1n) is 9.44. The van der Waals surface area contributed by atoms with Gasteiger partial charge in [-0.2, -0.15) is 0 Å². The fourth-order valence-electron chi connectivity index (χ4n) is 3.35. The number of ether oxygens (including phenoxy) is 1. The fraction of sp³-hybridized carbons (Fsp3) is 0.409. The lowest BCUT2D eigenvalue weighted by molar-refractivity contribution is -0.116. The lowest BCUT2D eigenvalue weighted by Crippen LogP contribution is -2.15. The van der Waals surface area contributed by atoms with Gasteiger partial charge in [0, 0.05) is 12.1 Å². The van der Waals surface area contributed by atoms with Crippen molar-refractivity contribution in [2.45, 2.75) is 39.2 Å². The number of nitrogens with one attached hydrogen (secondary N) is 2. The second kappa shape index (κ2) is 8.86. The van der Waals surface area contributed by atoms with Crippen LogP contribution in [0, 0.1) is 12.8 Å². The number of amides is 1. The molecule has 2 aromatic rings. The predicted molar refractivity (Wildman–Crippen MR) is 106 cm³/mol. The average molecular weight is 352 g/mol. The zero-order valence-corrected chi connectivity index (χ0v) is 15.6. The van der Waals surface area contributed by atoms with Crippen LogP contribution < -0.4 is 15.4 Å². The minimum Gasteiger partial charge on any atom is -0.486 e. The Labute approximate surface area is 156 Å². The number of rotatable bonds is 7. The van der Waals surface area contributed by atoms with Crippen molar-refractivity contribution in [3.05, 3.63) is 59.7 Å². The second-order valence-corrected chi connectivity index (χ2v) is 7.09. The van der Waals surface area contributed by atoms with E-state index in [0.717, 1.165) is 42.1 Å². The first kappa shape index (κ1) is 18.5. The van der Waals surface area contributed by atoms with Crippen molar-refractivity contribution in [1.29, 1.82) is 0 Å². The number of carbonyl (C=O) groups is 1. The van der Waals surface area contributed by atoms with Crippen LogP contribution in [0.25, 0.3) is 0 Å². The van der Waals surface area contributed by atoms with Crippen LogP contribution in [-0.4, -0.2) is 19.0 Å². The van der Waals surface area contributed by atoms with Crippen LogP contribution in [0.4, 0.5) is 5.69 Å². The SMILES string of the molecule is Cc1cc(OC(C)c2ccccc2)ccc1NC(=O)CCC1CCNC1. The minimum absolute atomic E-state index is 0.0175. The molecule has 0 aromatic heterocycles. The number of hydrogen-bond donors (Lipinski definition) is 2. The van der Waals surface area contributed by atoms with Crippen LogP contribution in [0.2, 0.25) is 0 Å². The zero-order valence-electron chi connectivity index (χ0n) is 15.6. The summed E-state index contributed by atoms with van der Waals surface area (Å²) in [6.07, 6.45) is 2.69. The summed E-state index contributed by atoms with van der Waals surface area (Å²) in [5.41, 5.74) is 3.02. The van der Waals surface area contributed by atoms with Crippen molar-refractivity contribution in [3.63, 3.8) is 0 Å². The molecule has 4 heteroatoms. The molecule has 1 saturated heterocycles. The van der Waals surface area contributed by atoms with Gasteiger partial charge in [-0.25, -0.2) is 0 Å². The topological polar surface area (TPSA) is 50.4 Å². The van der Waals surface area contributed by atoms with Gasteiger partial charge in [-0.15, -0.1) is 0 Å². The minimum atomic E-state index is -0.0175. The van der Waals surface area contributed by atoms with Crippen molar-refractivity contribution in [2.75, 3.05) is 18.4 Å². The summed E-state index contributed by atoms with van der Waals surface area (Å²) in [4.78, 5) is 12.2. The molecule has 2 aromatic carbocycles. The highest BCUT2D eigenvalue weighted by Gasteiger charge is 2.16. The molecule has 1 heterocycles. The van der Waals surface area contributed by atoms with Gasteiger partial charge in [-0.05, 0) is 75.0 Å². The van der Waals surface area contributed by atoms with E-state index < -0.39 is 0 Å². The van der Waals surface area contributed by atoms with Crippen LogP contribution in [0.5, 0.6) is 5.75 Å². The normalized spacial score (nSPS) is 17.7. The predicted octanol–water partition coefficient (Wildman–Crippen LogP) is 4.46. The Balaban J connectivity index is 1.54. The average Bonchev–Trinajstić information content (AvgIpc) is 3.16. The molecule has 1 fully saturated rings. The van der Waals surface area contributed by atoms with Gasteiger partial charge < -0.3 is 15.4 Å². The van der Waals surface area contributed by atoms with E-state index in [0.29, 0.717) is 12.3 Å². The Morgan fingerprint density at radius 3 is 2.77 bits per heavy atom. The van der Waals surface area contributed by atoms with Gasteiger partial charge in [0.25, 0.3) is 0 Å². The number of hydrogen-bond acceptors (Lipinski definition) is 3. The van der Waals surface area contributed by atoms with Crippen LogP contribution in [0.15, 0.2) is 48.5 Å². The molecule has 3 rings (SSSR count). The Bertz CT molecular complexity index is 724. The van der Waals surface area contributed by atoms with Crippen molar-refractivity contribution in [1.82, 2.24) is 5.32 Å². The van der Waals surface area contributed by atoms with Crippen LogP contribution >= 0.6 is 0 Å². The summed E-state index contributed by atoms with van der Waals surface area (Å²) >= 11 is 0. The standard InChI is InChI=1S/C22H28N2O2/c1-16-14-20(26-17(2)19-6-4-3-5-7-19)9-10-21(16)24-22(25)11-8-18-12-13-23-15-18/h3-7,9-10,14,17-18,23H,8,11-13,15H2,1-2H3,(H,24,25). The van der Waals surface area contributed by atoms with Crippen LogP contribution in [0.3, 0.4) is 0 Å². The van der Waals surface area contributed by atoms with Gasteiger partial charge >= 0.3 is 0 Å². The third-order valence-corrected chi connectivity index (χ3v) is 5.00. The molecule has 1 aliphatic rings. The van der Waals surface area contributed by atoms with E-state index >= 15 is 0 Å². The highest BCUT2D eigenvalue weighted by Crippen LogP contribution is 2.26. The molecule has 1 aliphatic heterocycles. The van der Waals surface area contributed by atoms with E-state index in [1.165, 1.54) is 6.42 Å². The third kappa shape index (κ3) is 5.09. The number of anilines is 1. The van der Waals surface area contributed by atoms with Gasteiger partial charge in [-0.3, -0.25) is 4.79 Å². The molecule has 0 saturated carbocycles. The Hall–Kier alpha value is -2.33. The Morgan fingerprint density at radius 2 is 2.08 bits per heavy atom. The summed E-state index contributed by atoms with van der Waals surface area (Å²) < 4.78 is 6.04. The molecule has 1 amide bonds. The van der Waals surface area contributed by atoms with E-state index in [4.69, 9.17) is 4.74 Å². The molecule has 0 spiro atoms. The molecule has 0 radical (unpaired) electrons. The zero-order chi connectivity index (χ0) is 18.4. The first-order chi connectivity index (χ1) is 12.6. The van der Waals surface area contributed by atoms with Crippen molar-refractivity contribution >= 4 is 11.6 Å². The highest BCUT2D eigenvalue weighted by molar-refractivity contribution is 5.91. The molecule has 4 nitrogen and oxygen atoms in total. The first-order valence-corrected chi connectivity index (χ1v) is 9.44. The smallest absolute Gasteiger partial charge is 0.224 e. The maximum Gasteiger partial charge on any atom is 0.224 e. The molecular weight excluding hydrogens is 324 g/mol. The summed E-state index contributed by atoms with van der Waals surface area (Å²) in [6.45, 7) is 6.15. The third-order valence-electron chi connectivity index (χ3n) is 5.00. The van der Waals surface area contributed by atoms with Gasteiger partial charge in [0.05, 0.1) is 0 Å². The Kier molecular flexibility index (Phi) is 6.29. The van der Waals surface area contributed by atoms with Crippen molar-refractivity contribution < 1.29 is 9.53 Å². The lowest BCUT2D eigenvalue weighted by atomic mass is 10.0. The van der Waals surface area contributed by atoms with E-state index in [9.17, 15) is 4.79 Å². The van der Waals surface area contributed by atoms with Crippen molar-refractivity contribution in [3.8, 4) is 5.75 Å². The summed E-state index contributed by atoms with van der Waals surface area (Å²) in [5, 5.41) is 6.37. The molecule has 138 valence electrons. The number of carbonyl (C=O) groups excluding carboxylic acids is 1. The maximum absolute atomic E-state index is 12.2. The monoisotopic (exact) mass is 352 g/mol. The molecule has 2 unspecified atom stereocenters. The lowest BCUT2D eigenvalue weighted by Gasteiger charge is -2.17. The largest absolute Gasteiger partial charge is 0.486 e. The molecule has 2 atom stereocenters. The van der Waals surface area contributed by atoms with E-state index in [1.54, 1.807) is 0 Å². The number of benzene rings is 2. The fourth-order valence-corrected chi connectivity index (χ4v) is 3.35. The molecule has 0 bridgehead atoms. The second-order valence-electron chi connectivity index (χ2n) is 7.09. The van der Waals surface area contributed by atoms with Crippen molar-refractivity contribution in [2.24, 2.45) is 5.92 Å². The molecule has 0 aliphatic carbocycles. The van der Waals surface area contributed by atoms with E-state index in [1.807, 2.05) is 50.2 Å². The van der Waals surface area contributed by atoms with E-state index in [2.05, 4.69) is 22.8 Å². The molecule has 26 heavy (non-hydrogen) atoms. The molecule has 2 N–H and O–H groups in total. The summed E-state index contributed by atoms with van der Waals surface area (Å²) in [6, 6.07) is 16.0. The maximum atomic E-state index is 12.2. The van der Waals surface area contributed by atoms with E-state index in [-0.39, 0.29) is 12.0 Å².